The van der Waals surface area contributed by atoms with Crippen molar-refractivity contribution in [2.75, 3.05) is 0 Å². The minimum atomic E-state index is 0.498. The van der Waals surface area contributed by atoms with Crippen LogP contribution in [-0.2, 0) is 0 Å². The topological polar surface area (TPSA) is 24.1 Å². The normalized spacial score (nSPS) is 41.0. The Hall–Kier alpha value is -0.600. The zero-order chi connectivity index (χ0) is 7.68. The van der Waals surface area contributed by atoms with Crippen molar-refractivity contribution in [3.63, 3.8) is 0 Å². The van der Waals surface area contributed by atoms with E-state index in [-0.39, 0.29) is 0 Å². The zero-order valence-electron chi connectivity index (χ0n) is 6.75. The number of hydrogen-bond acceptors (Lipinski definition) is 2. The average molecular weight is 150 g/mol. The standard InChI is InChI=1S/C9H14N2/c1-2-9-10-7-5-3-4-6-8(7)11-9/h3-11H,2H2,1H3. The van der Waals surface area contributed by atoms with Gasteiger partial charge in [0.2, 0.25) is 0 Å². The summed E-state index contributed by atoms with van der Waals surface area (Å²) >= 11 is 0. The van der Waals surface area contributed by atoms with Gasteiger partial charge in [-0.25, -0.2) is 0 Å². The van der Waals surface area contributed by atoms with Crippen molar-refractivity contribution in [2.45, 2.75) is 31.6 Å². The van der Waals surface area contributed by atoms with E-state index in [0.717, 1.165) is 6.42 Å². The highest BCUT2D eigenvalue weighted by atomic mass is 15.2. The van der Waals surface area contributed by atoms with Gasteiger partial charge >= 0.3 is 0 Å². The van der Waals surface area contributed by atoms with Crippen molar-refractivity contribution in [3.8, 4) is 0 Å². The molecule has 60 valence electrons. The van der Waals surface area contributed by atoms with Crippen LogP contribution in [0.1, 0.15) is 13.3 Å². The first-order chi connectivity index (χ1) is 5.40. The Kier molecular flexibility index (Phi) is 1.80. The highest BCUT2D eigenvalue weighted by molar-refractivity contribution is 5.22. The Labute approximate surface area is 67.4 Å². The van der Waals surface area contributed by atoms with Crippen molar-refractivity contribution in [3.05, 3.63) is 24.3 Å². The molecule has 2 N–H and O–H groups in total. The van der Waals surface area contributed by atoms with Crippen LogP contribution in [0, 0.1) is 0 Å². The van der Waals surface area contributed by atoms with Gasteiger partial charge in [0, 0.05) is 12.1 Å². The van der Waals surface area contributed by atoms with E-state index in [2.05, 4.69) is 41.9 Å². The third-order valence-corrected chi connectivity index (χ3v) is 2.33. The summed E-state index contributed by atoms with van der Waals surface area (Å²) in [5, 5.41) is 6.99. The fourth-order valence-electron chi connectivity index (χ4n) is 1.67. The molecule has 2 nitrogen and oxygen atoms in total. The van der Waals surface area contributed by atoms with Gasteiger partial charge in [-0.1, -0.05) is 31.2 Å². The summed E-state index contributed by atoms with van der Waals surface area (Å²) < 4.78 is 0. The molecule has 2 atom stereocenters. The molecule has 1 aliphatic carbocycles. The smallest absolute Gasteiger partial charge is 0.0579 e. The van der Waals surface area contributed by atoms with Crippen LogP contribution >= 0.6 is 0 Å². The molecule has 0 spiro atoms. The van der Waals surface area contributed by atoms with Gasteiger partial charge in [0.25, 0.3) is 0 Å². The first-order valence-electron chi connectivity index (χ1n) is 4.27. The van der Waals surface area contributed by atoms with Crippen molar-refractivity contribution in [1.29, 1.82) is 0 Å². The molecule has 1 heterocycles. The van der Waals surface area contributed by atoms with Crippen molar-refractivity contribution in [1.82, 2.24) is 10.6 Å². The van der Waals surface area contributed by atoms with Crippen molar-refractivity contribution >= 4 is 0 Å². The predicted octanol–water partition coefficient (Wildman–Crippen LogP) is 0.778. The fourth-order valence-corrected chi connectivity index (χ4v) is 1.67. The van der Waals surface area contributed by atoms with E-state index < -0.39 is 0 Å². The Bertz CT molecular complexity index is 176. The van der Waals surface area contributed by atoms with Crippen molar-refractivity contribution in [2.24, 2.45) is 0 Å². The van der Waals surface area contributed by atoms with E-state index in [1.165, 1.54) is 0 Å². The molecule has 0 amide bonds. The van der Waals surface area contributed by atoms with E-state index >= 15 is 0 Å². The molecule has 0 aromatic heterocycles. The lowest BCUT2D eigenvalue weighted by Gasteiger charge is -2.13. The molecule has 0 aromatic carbocycles. The lowest BCUT2D eigenvalue weighted by atomic mass is 10.1. The number of hydrogen-bond donors (Lipinski definition) is 2. The fraction of sp³-hybridized carbons (Fsp3) is 0.556. The van der Waals surface area contributed by atoms with Gasteiger partial charge in [-0.15, -0.1) is 0 Å². The van der Waals surface area contributed by atoms with Gasteiger partial charge in [-0.2, -0.15) is 0 Å². The summed E-state index contributed by atoms with van der Waals surface area (Å²) in [5.74, 6) is 0. The van der Waals surface area contributed by atoms with Crippen LogP contribution < -0.4 is 10.6 Å². The number of fused-ring (bicyclic) bond motifs is 1. The molecular formula is C9H14N2. The zero-order valence-corrected chi connectivity index (χ0v) is 6.75. The average Bonchev–Trinajstić information content (AvgIpc) is 2.46. The quantitative estimate of drug-likeness (QED) is 0.577. The van der Waals surface area contributed by atoms with Gasteiger partial charge in [0.05, 0.1) is 6.17 Å². The third-order valence-electron chi connectivity index (χ3n) is 2.33. The maximum absolute atomic E-state index is 3.49. The molecule has 0 saturated carbocycles. The molecule has 1 saturated heterocycles. The molecule has 0 aromatic rings. The molecule has 2 rings (SSSR count). The predicted molar refractivity (Wildman–Crippen MR) is 46.2 cm³/mol. The second-order valence-electron chi connectivity index (χ2n) is 3.12. The Balaban J connectivity index is 2.06. The minimum absolute atomic E-state index is 0.498. The lowest BCUT2D eigenvalue weighted by Crippen LogP contribution is -2.31. The Morgan fingerprint density at radius 3 is 2.09 bits per heavy atom. The van der Waals surface area contributed by atoms with Crippen LogP contribution in [0.4, 0.5) is 0 Å². The molecule has 2 unspecified atom stereocenters. The van der Waals surface area contributed by atoms with E-state index in [1.54, 1.807) is 0 Å². The molecule has 1 fully saturated rings. The van der Waals surface area contributed by atoms with E-state index in [9.17, 15) is 0 Å². The monoisotopic (exact) mass is 150 g/mol. The van der Waals surface area contributed by atoms with Crippen LogP contribution in [0.5, 0.6) is 0 Å². The maximum atomic E-state index is 3.49. The SMILES string of the molecule is CCC1NC2C=CC=CC2N1. The van der Waals surface area contributed by atoms with Gasteiger partial charge < -0.3 is 0 Å². The van der Waals surface area contributed by atoms with Crippen LogP contribution in [-0.4, -0.2) is 18.2 Å². The summed E-state index contributed by atoms with van der Waals surface area (Å²) in [6.45, 7) is 2.19. The molecule has 1 aliphatic heterocycles. The summed E-state index contributed by atoms with van der Waals surface area (Å²) in [4.78, 5) is 0. The number of nitrogens with one attached hydrogen (secondary N) is 2. The number of rotatable bonds is 1. The maximum Gasteiger partial charge on any atom is 0.0579 e. The van der Waals surface area contributed by atoms with Gasteiger partial charge in [-0.3, -0.25) is 10.6 Å². The van der Waals surface area contributed by atoms with Crippen LogP contribution in [0.25, 0.3) is 0 Å². The first kappa shape index (κ1) is 7.07. The summed E-state index contributed by atoms with van der Waals surface area (Å²) in [6, 6.07) is 1.04. The minimum Gasteiger partial charge on any atom is -0.294 e. The van der Waals surface area contributed by atoms with Crippen molar-refractivity contribution < 1.29 is 0 Å². The second kappa shape index (κ2) is 2.80. The molecular weight excluding hydrogens is 136 g/mol. The summed E-state index contributed by atoms with van der Waals surface area (Å²) in [6.07, 6.45) is 10.3. The van der Waals surface area contributed by atoms with Gasteiger partial charge in [-0.05, 0) is 6.42 Å². The van der Waals surface area contributed by atoms with Crippen LogP contribution in [0.15, 0.2) is 24.3 Å². The van der Waals surface area contributed by atoms with E-state index in [0.29, 0.717) is 18.2 Å². The van der Waals surface area contributed by atoms with Gasteiger partial charge in [0.1, 0.15) is 0 Å². The third kappa shape index (κ3) is 1.24. The Morgan fingerprint density at radius 1 is 1.09 bits per heavy atom. The number of allylic oxidation sites excluding steroid dienone is 2. The summed E-state index contributed by atoms with van der Waals surface area (Å²) in [7, 11) is 0. The second-order valence-corrected chi connectivity index (χ2v) is 3.12. The molecule has 2 aliphatic rings. The highest BCUT2D eigenvalue weighted by Crippen LogP contribution is 2.12. The highest BCUT2D eigenvalue weighted by Gasteiger charge is 2.28. The largest absolute Gasteiger partial charge is 0.294 e. The molecule has 11 heavy (non-hydrogen) atoms. The first-order valence-corrected chi connectivity index (χ1v) is 4.27. The van der Waals surface area contributed by atoms with Gasteiger partial charge in [0.15, 0.2) is 0 Å². The van der Waals surface area contributed by atoms with Crippen LogP contribution in [0.2, 0.25) is 0 Å². The van der Waals surface area contributed by atoms with Crippen LogP contribution in [0.3, 0.4) is 0 Å². The van der Waals surface area contributed by atoms with E-state index in [1.807, 2.05) is 0 Å². The van der Waals surface area contributed by atoms with E-state index in [4.69, 9.17) is 0 Å². The Morgan fingerprint density at radius 2 is 1.64 bits per heavy atom. The lowest BCUT2D eigenvalue weighted by molar-refractivity contribution is 0.521. The summed E-state index contributed by atoms with van der Waals surface area (Å²) in [5.41, 5.74) is 0. The molecule has 0 radical (unpaired) electrons. The molecule has 0 bridgehead atoms. The molecule has 2 heteroatoms.